The third-order valence-electron chi connectivity index (χ3n) is 2.72. The molecule has 4 nitrogen and oxygen atoms in total. The first-order chi connectivity index (χ1) is 9.10. The number of carbonyl (C=O) groups excluding carboxylic acids is 1. The zero-order valence-corrected chi connectivity index (χ0v) is 10.8. The van der Waals surface area contributed by atoms with Crippen molar-refractivity contribution in [2.75, 3.05) is 5.32 Å². The summed E-state index contributed by atoms with van der Waals surface area (Å²) in [6, 6.07) is 4.20. The van der Waals surface area contributed by atoms with Gasteiger partial charge in [0, 0.05) is 24.5 Å². The third-order valence-corrected chi connectivity index (χ3v) is 2.72. The van der Waals surface area contributed by atoms with Crippen LogP contribution in [0.3, 0.4) is 0 Å². The number of anilines is 1. The Kier molecular flexibility index (Phi) is 3.85. The van der Waals surface area contributed by atoms with Crippen LogP contribution in [-0.2, 0) is 6.42 Å². The summed E-state index contributed by atoms with van der Waals surface area (Å²) in [7, 11) is 0. The molecular weight excluding hydrogens is 245 g/mol. The lowest BCUT2D eigenvalue weighted by atomic mass is 10.2. The molecular formula is C14H14FN3O. The van der Waals surface area contributed by atoms with Gasteiger partial charge in [-0.3, -0.25) is 4.79 Å². The molecule has 0 aliphatic carbocycles. The van der Waals surface area contributed by atoms with Crippen molar-refractivity contribution in [3.63, 3.8) is 0 Å². The number of aromatic nitrogens is 2. The van der Waals surface area contributed by atoms with Gasteiger partial charge in [0.05, 0.1) is 5.56 Å². The summed E-state index contributed by atoms with van der Waals surface area (Å²) in [5.41, 5.74) is 1.62. The highest BCUT2D eigenvalue weighted by Gasteiger charge is 2.09. The number of nitrogens with zero attached hydrogens (tertiary/aromatic N) is 2. The predicted octanol–water partition coefficient (Wildman–Crippen LogP) is 2.74. The number of rotatable bonds is 3. The fraction of sp³-hybridized carbons (Fsp3) is 0.214. The van der Waals surface area contributed by atoms with Crippen molar-refractivity contribution in [1.82, 2.24) is 9.97 Å². The number of benzene rings is 1. The Morgan fingerprint density at radius 2 is 2.00 bits per heavy atom. The van der Waals surface area contributed by atoms with Crippen LogP contribution in [0.5, 0.6) is 0 Å². The maximum Gasteiger partial charge on any atom is 0.258 e. The molecule has 0 saturated heterocycles. The van der Waals surface area contributed by atoms with Crippen molar-refractivity contribution >= 4 is 11.6 Å². The summed E-state index contributed by atoms with van der Waals surface area (Å²) < 4.78 is 13.0. The topological polar surface area (TPSA) is 54.9 Å². The summed E-state index contributed by atoms with van der Waals surface area (Å²) in [4.78, 5) is 20.1. The van der Waals surface area contributed by atoms with Gasteiger partial charge in [-0.2, -0.15) is 0 Å². The number of hydrogen-bond acceptors (Lipinski definition) is 3. The summed E-state index contributed by atoms with van der Waals surface area (Å²) in [5.74, 6) is 0.0537. The summed E-state index contributed by atoms with van der Waals surface area (Å²) >= 11 is 0. The van der Waals surface area contributed by atoms with Gasteiger partial charge < -0.3 is 5.32 Å². The van der Waals surface area contributed by atoms with E-state index >= 15 is 0 Å². The van der Waals surface area contributed by atoms with Crippen LogP contribution in [0.25, 0.3) is 0 Å². The maximum absolute atomic E-state index is 13.0. The quantitative estimate of drug-likeness (QED) is 0.922. The van der Waals surface area contributed by atoms with Crippen molar-refractivity contribution in [3.8, 4) is 0 Å². The van der Waals surface area contributed by atoms with Gasteiger partial charge in [-0.1, -0.05) is 6.92 Å². The van der Waals surface area contributed by atoms with E-state index in [2.05, 4.69) is 15.3 Å². The zero-order valence-electron chi connectivity index (χ0n) is 10.8. The normalized spacial score (nSPS) is 10.3. The van der Waals surface area contributed by atoms with Gasteiger partial charge in [-0.15, -0.1) is 0 Å². The molecule has 2 aromatic rings. The molecule has 5 heteroatoms. The van der Waals surface area contributed by atoms with E-state index in [1.807, 2.05) is 6.92 Å². The third kappa shape index (κ3) is 3.13. The van der Waals surface area contributed by atoms with Crippen molar-refractivity contribution in [2.24, 2.45) is 0 Å². The monoisotopic (exact) mass is 259 g/mol. The van der Waals surface area contributed by atoms with E-state index in [4.69, 9.17) is 0 Å². The molecule has 0 radical (unpaired) electrons. The van der Waals surface area contributed by atoms with E-state index in [-0.39, 0.29) is 11.7 Å². The van der Waals surface area contributed by atoms with Crippen LogP contribution >= 0.6 is 0 Å². The summed E-state index contributed by atoms with van der Waals surface area (Å²) in [6.07, 6.45) is 3.69. The standard InChI is InChI=1S/C14H14FN3O/c1-3-13-16-7-10(8-17-13)14(19)18-12-5-4-11(15)6-9(12)2/h4-8H,3H2,1-2H3,(H,18,19). The number of carbonyl (C=O) groups is 1. The second-order valence-corrected chi connectivity index (χ2v) is 4.15. The molecule has 1 N–H and O–H groups in total. The molecule has 0 aliphatic heterocycles. The van der Waals surface area contributed by atoms with Crippen LogP contribution in [0.2, 0.25) is 0 Å². The SMILES string of the molecule is CCc1ncc(C(=O)Nc2ccc(F)cc2C)cn1. The minimum atomic E-state index is -0.328. The average Bonchev–Trinajstić information content (AvgIpc) is 2.42. The molecule has 1 aromatic heterocycles. The molecule has 0 fully saturated rings. The first-order valence-corrected chi connectivity index (χ1v) is 5.98. The molecule has 1 amide bonds. The first-order valence-electron chi connectivity index (χ1n) is 5.98. The van der Waals surface area contributed by atoms with Crippen molar-refractivity contribution in [1.29, 1.82) is 0 Å². The highest BCUT2D eigenvalue weighted by atomic mass is 19.1. The summed E-state index contributed by atoms with van der Waals surface area (Å²) in [6.45, 7) is 3.67. The second kappa shape index (κ2) is 5.56. The van der Waals surface area contributed by atoms with Crippen molar-refractivity contribution in [2.45, 2.75) is 20.3 Å². The molecule has 19 heavy (non-hydrogen) atoms. The lowest BCUT2D eigenvalue weighted by Gasteiger charge is -2.08. The Labute approximate surface area is 110 Å². The highest BCUT2D eigenvalue weighted by Crippen LogP contribution is 2.16. The maximum atomic E-state index is 13.0. The Morgan fingerprint density at radius 1 is 1.32 bits per heavy atom. The van der Waals surface area contributed by atoms with Crippen LogP contribution < -0.4 is 5.32 Å². The molecule has 0 saturated carbocycles. The minimum Gasteiger partial charge on any atom is -0.322 e. The Balaban J connectivity index is 2.15. The minimum absolute atomic E-state index is 0.308. The Hall–Kier alpha value is -2.30. The van der Waals surface area contributed by atoms with E-state index in [9.17, 15) is 9.18 Å². The Morgan fingerprint density at radius 3 is 2.58 bits per heavy atom. The molecule has 1 aromatic carbocycles. The van der Waals surface area contributed by atoms with Crippen LogP contribution in [0.4, 0.5) is 10.1 Å². The van der Waals surface area contributed by atoms with E-state index in [0.717, 1.165) is 6.42 Å². The van der Waals surface area contributed by atoms with Gasteiger partial charge in [0.15, 0.2) is 0 Å². The second-order valence-electron chi connectivity index (χ2n) is 4.15. The van der Waals surface area contributed by atoms with E-state index < -0.39 is 0 Å². The fourth-order valence-corrected chi connectivity index (χ4v) is 1.62. The molecule has 0 atom stereocenters. The smallest absolute Gasteiger partial charge is 0.258 e. The zero-order chi connectivity index (χ0) is 13.8. The van der Waals surface area contributed by atoms with Gasteiger partial charge >= 0.3 is 0 Å². The van der Waals surface area contributed by atoms with Gasteiger partial charge in [0.1, 0.15) is 11.6 Å². The molecule has 0 aliphatic rings. The summed E-state index contributed by atoms with van der Waals surface area (Å²) in [5, 5.41) is 2.71. The molecule has 2 rings (SSSR count). The van der Waals surface area contributed by atoms with Gasteiger partial charge in [0.2, 0.25) is 0 Å². The van der Waals surface area contributed by atoms with Crippen LogP contribution in [0.1, 0.15) is 28.7 Å². The largest absolute Gasteiger partial charge is 0.322 e. The fourth-order valence-electron chi connectivity index (χ4n) is 1.62. The number of hydrogen-bond donors (Lipinski definition) is 1. The number of halogens is 1. The molecule has 0 bridgehead atoms. The van der Waals surface area contributed by atoms with Crippen LogP contribution in [0.15, 0.2) is 30.6 Å². The van der Waals surface area contributed by atoms with Gasteiger partial charge in [-0.05, 0) is 30.7 Å². The lowest BCUT2D eigenvalue weighted by Crippen LogP contribution is -2.14. The molecule has 1 heterocycles. The van der Waals surface area contributed by atoms with Crippen molar-refractivity contribution < 1.29 is 9.18 Å². The number of nitrogens with one attached hydrogen (secondary N) is 1. The first kappa shape index (κ1) is 13.1. The van der Waals surface area contributed by atoms with Gasteiger partial charge in [-0.25, -0.2) is 14.4 Å². The van der Waals surface area contributed by atoms with Gasteiger partial charge in [0.25, 0.3) is 5.91 Å². The van der Waals surface area contributed by atoms with E-state index in [1.54, 1.807) is 6.92 Å². The van der Waals surface area contributed by atoms with Crippen LogP contribution in [-0.4, -0.2) is 15.9 Å². The van der Waals surface area contributed by atoms with Crippen LogP contribution in [0, 0.1) is 12.7 Å². The molecule has 0 unspecified atom stereocenters. The van der Waals surface area contributed by atoms with Crippen molar-refractivity contribution in [3.05, 3.63) is 53.4 Å². The predicted molar refractivity (Wildman–Crippen MR) is 70.5 cm³/mol. The molecule has 98 valence electrons. The number of aryl methyl sites for hydroxylation is 2. The number of amides is 1. The Bertz CT molecular complexity index is 596. The lowest BCUT2D eigenvalue weighted by molar-refractivity contribution is 0.102. The highest BCUT2D eigenvalue weighted by molar-refractivity contribution is 6.04. The van der Waals surface area contributed by atoms with E-state index in [0.29, 0.717) is 22.6 Å². The average molecular weight is 259 g/mol. The molecule has 0 spiro atoms. The van der Waals surface area contributed by atoms with E-state index in [1.165, 1.54) is 30.6 Å².